The zero-order chi connectivity index (χ0) is 25.6. The molecule has 0 fully saturated rings. The molecule has 1 aromatic rings. The molecule has 2 N–H and O–H groups in total. The molecule has 7 heteroatoms. The summed E-state index contributed by atoms with van der Waals surface area (Å²) in [5.41, 5.74) is 1.29. The summed E-state index contributed by atoms with van der Waals surface area (Å²) in [7, 11) is 0. The number of unbranched alkanes of at least 4 members (excludes halogenated alkanes) is 1. The quantitative estimate of drug-likeness (QED) is 0.544. The molecule has 2 atom stereocenters. The number of carbonyl (C=O) groups is 3. The summed E-state index contributed by atoms with van der Waals surface area (Å²) < 4.78 is 5.32. The zero-order valence-corrected chi connectivity index (χ0v) is 22.1. The average molecular weight is 462 g/mol. The fraction of sp³-hybridized carbons (Fsp3) is 0.654. The third kappa shape index (κ3) is 8.37. The second-order valence-corrected chi connectivity index (χ2v) is 10.6. The van der Waals surface area contributed by atoms with Gasteiger partial charge in [-0.15, -0.1) is 0 Å². The molecule has 0 bridgehead atoms. The first-order chi connectivity index (χ1) is 15.1. The Morgan fingerprint density at radius 3 is 2.03 bits per heavy atom. The number of alkyl carbamates (subject to hydrolysis) is 1. The van der Waals surface area contributed by atoms with E-state index >= 15 is 0 Å². The number of amides is 3. The maximum Gasteiger partial charge on any atom is 0.408 e. The minimum Gasteiger partial charge on any atom is -0.444 e. The maximum atomic E-state index is 13.7. The van der Waals surface area contributed by atoms with Crippen LogP contribution in [0.15, 0.2) is 18.2 Å². The molecule has 0 aromatic heterocycles. The summed E-state index contributed by atoms with van der Waals surface area (Å²) in [6.45, 7) is 19.1. The summed E-state index contributed by atoms with van der Waals surface area (Å²) in [6, 6.07) is 4.12. The summed E-state index contributed by atoms with van der Waals surface area (Å²) in [4.78, 5) is 41.2. The molecule has 0 radical (unpaired) electrons. The van der Waals surface area contributed by atoms with E-state index in [4.69, 9.17) is 4.74 Å². The summed E-state index contributed by atoms with van der Waals surface area (Å²) in [6.07, 6.45) is 1.13. The second kappa shape index (κ2) is 11.5. The Balaban J connectivity index is 3.45. The van der Waals surface area contributed by atoms with Gasteiger partial charge >= 0.3 is 6.09 Å². The van der Waals surface area contributed by atoms with Crippen LogP contribution in [0.3, 0.4) is 0 Å². The Labute approximate surface area is 199 Å². The summed E-state index contributed by atoms with van der Waals surface area (Å²) in [5, 5.41) is 5.64. The molecule has 0 saturated carbocycles. The normalized spacial score (nSPS) is 13.6. The van der Waals surface area contributed by atoms with Crippen LogP contribution < -0.4 is 10.6 Å². The molecular formula is C26H43N3O4. The molecule has 0 aliphatic heterocycles. The largest absolute Gasteiger partial charge is 0.444 e. The lowest BCUT2D eigenvalue weighted by Gasteiger charge is -2.43. The van der Waals surface area contributed by atoms with Gasteiger partial charge in [0.15, 0.2) is 0 Å². The van der Waals surface area contributed by atoms with Crippen molar-refractivity contribution in [2.24, 2.45) is 0 Å². The molecule has 0 spiro atoms. The fourth-order valence-electron chi connectivity index (χ4n) is 3.72. The van der Waals surface area contributed by atoms with E-state index in [0.29, 0.717) is 6.54 Å². The number of hydrogen-bond donors (Lipinski definition) is 2. The Hall–Kier alpha value is -2.57. The van der Waals surface area contributed by atoms with Crippen LogP contribution >= 0.6 is 0 Å². The Morgan fingerprint density at radius 1 is 1.03 bits per heavy atom. The SMILES string of the molecule is CCCCNC(=O)C(c1c(C)cccc1C)N(C(=O)C(C)NC(=O)OC(C)(C)C)C(C)(C)C. The number of nitrogens with zero attached hydrogens (tertiary/aromatic N) is 1. The number of aryl methyl sites for hydroxylation is 2. The van der Waals surface area contributed by atoms with Crippen molar-refractivity contribution in [1.82, 2.24) is 15.5 Å². The highest BCUT2D eigenvalue weighted by Gasteiger charge is 2.41. The van der Waals surface area contributed by atoms with Crippen LogP contribution in [0.1, 0.15) is 91.0 Å². The van der Waals surface area contributed by atoms with Gasteiger partial charge in [-0.05, 0) is 85.4 Å². The molecule has 1 aromatic carbocycles. The van der Waals surface area contributed by atoms with E-state index in [0.717, 1.165) is 29.5 Å². The van der Waals surface area contributed by atoms with Crippen LogP contribution in [0.5, 0.6) is 0 Å². The molecule has 2 unspecified atom stereocenters. The molecular weight excluding hydrogens is 418 g/mol. The average Bonchev–Trinajstić information content (AvgIpc) is 2.64. The van der Waals surface area contributed by atoms with E-state index < -0.39 is 29.3 Å². The summed E-state index contributed by atoms with van der Waals surface area (Å²) >= 11 is 0. The minimum absolute atomic E-state index is 0.228. The van der Waals surface area contributed by atoms with Crippen molar-refractivity contribution in [3.05, 3.63) is 34.9 Å². The van der Waals surface area contributed by atoms with Crippen molar-refractivity contribution < 1.29 is 19.1 Å². The number of ether oxygens (including phenoxy) is 1. The van der Waals surface area contributed by atoms with Crippen molar-refractivity contribution >= 4 is 17.9 Å². The maximum absolute atomic E-state index is 13.7. The second-order valence-electron chi connectivity index (χ2n) is 10.6. The first kappa shape index (κ1) is 28.5. The van der Waals surface area contributed by atoms with Crippen LogP contribution in [-0.2, 0) is 14.3 Å². The van der Waals surface area contributed by atoms with Crippen LogP contribution in [0, 0.1) is 13.8 Å². The minimum atomic E-state index is -0.880. The molecule has 3 amide bonds. The number of benzene rings is 1. The molecule has 186 valence electrons. The van der Waals surface area contributed by atoms with Crippen molar-refractivity contribution in [3.8, 4) is 0 Å². The molecule has 33 heavy (non-hydrogen) atoms. The monoisotopic (exact) mass is 461 g/mol. The standard InChI is InChI=1S/C26H43N3O4/c1-11-12-16-27-22(30)21(20-17(2)14-13-15-18(20)3)29(25(5,6)7)23(31)19(4)28-24(32)33-26(8,9)10/h13-15,19,21H,11-12,16H2,1-10H3,(H,27,30)(H,28,32). The van der Waals surface area contributed by atoms with E-state index in [-0.39, 0.29) is 11.8 Å². The Bertz CT molecular complexity index is 817. The van der Waals surface area contributed by atoms with Crippen molar-refractivity contribution in [2.45, 2.75) is 105 Å². The van der Waals surface area contributed by atoms with Crippen molar-refractivity contribution in [3.63, 3.8) is 0 Å². The van der Waals surface area contributed by atoms with E-state index in [1.165, 1.54) is 0 Å². The highest BCUT2D eigenvalue weighted by atomic mass is 16.6. The fourth-order valence-corrected chi connectivity index (χ4v) is 3.72. The summed E-state index contributed by atoms with van der Waals surface area (Å²) in [5.74, 6) is -0.583. The van der Waals surface area contributed by atoms with Crippen molar-refractivity contribution in [2.75, 3.05) is 6.54 Å². The number of nitrogens with one attached hydrogen (secondary N) is 2. The Kier molecular flexibility index (Phi) is 9.94. The van der Waals surface area contributed by atoms with Gasteiger partial charge in [-0.1, -0.05) is 31.5 Å². The molecule has 7 nitrogen and oxygen atoms in total. The highest BCUT2D eigenvalue weighted by Crippen LogP contribution is 2.33. The topological polar surface area (TPSA) is 87.7 Å². The van der Waals surface area contributed by atoms with E-state index in [9.17, 15) is 14.4 Å². The van der Waals surface area contributed by atoms with Crippen LogP contribution in [-0.4, -0.2) is 46.5 Å². The van der Waals surface area contributed by atoms with Gasteiger partial charge in [0, 0.05) is 12.1 Å². The lowest BCUT2D eigenvalue weighted by Crippen LogP contribution is -2.58. The molecule has 0 aliphatic rings. The smallest absolute Gasteiger partial charge is 0.408 e. The lowest BCUT2D eigenvalue weighted by atomic mass is 9.90. The zero-order valence-electron chi connectivity index (χ0n) is 22.1. The van der Waals surface area contributed by atoms with Gasteiger partial charge in [0.05, 0.1) is 0 Å². The molecule has 0 heterocycles. The third-order valence-electron chi connectivity index (χ3n) is 5.22. The van der Waals surface area contributed by atoms with Gasteiger partial charge in [0.25, 0.3) is 0 Å². The lowest BCUT2D eigenvalue weighted by molar-refractivity contribution is -0.148. The third-order valence-corrected chi connectivity index (χ3v) is 5.22. The molecule has 1 rings (SSSR count). The van der Waals surface area contributed by atoms with E-state index in [2.05, 4.69) is 17.6 Å². The van der Waals surface area contributed by atoms with Crippen LogP contribution in [0.25, 0.3) is 0 Å². The van der Waals surface area contributed by atoms with Crippen molar-refractivity contribution in [1.29, 1.82) is 0 Å². The van der Waals surface area contributed by atoms with Gasteiger partial charge in [-0.25, -0.2) is 4.79 Å². The van der Waals surface area contributed by atoms with E-state index in [1.807, 2.05) is 52.8 Å². The first-order valence-corrected chi connectivity index (χ1v) is 11.8. The predicted molar refractivity (Wildman–Crippen MR) is 132 cm³/mol. The first-order valence-electron chi connectivity index (χ1n) is 11.8. The van der Waals surface area contributed by atoms with E-state index in [1.54, 1.807) is 32.6 Å². The van der Waals surface area contributed by atoms with Gasteiger partial charge in [-0.3, -0.25) is 9.59 Å². The van der Waals surface area contributed by atoms with Gasteiger partial charge < -0.3 is 20.3 Å². The number of hydrogen-bond acceptors (Lipinski definition) is 4. The molecule has 0 aliphatic carbocycles. The van der Waals surface area contributed by atoms with Gasteiger partial charge in [0.1, 0.15) is 17.7 Å². The van der Waals surface area contributed by atoms with Gasteiger partial charge in [0.2, 0.25) is 11.8 Å². The van der Waals surface area contributed by atoms with Gasteiger partial charge in [-0.2, -0.15) is 0 Å². The highest BCUT2D eigenvalue weighted by molar-refractivity contribution is 5.92. The predicted octanol–water partition coefficient (Wildman–Crippen LogP) is 4.80. The molecule has 0 saturated heterocycles. The number of rotatable bonds is 8. The van der Waals surface area contributed by atoms with Crippen LogP contribution in [0.2, 0.25) is 0 Å². The Morgan fingerprint density at radius 2 is 1.58 bits per heavy atom. The number of carbonyl (C=O) groups excluding carboxylic acids is 3. The van der Waals surface area contributed by atoms with Crippen LogP contribution in [0.4, 0.5) is 4.79 Å².